The van der Waals surface area contributed by atoms with Gasteiger partial charge in [0.2, 0.25) is 0 Å². The average Bonchev–Trinajstić information content (AvgIpc) is 2.45. The Hall–Kier alpha value is -1.84. The van der Waals surface area contributed by atoms with Gasteiger partial charge in [0.25, 0.3) is 0 Å². The Labute approximate surface area is 125 Å². The molecule has 0 aliphatic carbocycles. The van der Waals surface area contributed by atoms with Crippen LogP contribution in [0.25, 0.3) is 0 Å². The first kappa shape index (κ1) is 15.5. The molecular weight excluding hydrogens is 266 g/mol. The van der Waals surface area contributed by atoms with E-state index in [-0.39, 0.29) is 17.4 Å². The molecule has 21 heavy (non-hydrogen) atoms. The SMILES string of the molecule is CC(C)(C)C1CC(c2ccccc2C=O)CCN1C(=O)O. The van der Waals surface area contributed by atoms with Crippen molar-refractivity contribution in [1.82, 2.24) is 4.90 Å². The zero-order valence-electron chi connectivity index (χ0n) is 12.9. The number of carbonyl (C=O) groups is 2. The van der Waals surface area contributed by atoms with Crippen molar-refractivity contribution in [2.75, 3.05) is 6.54 Å². The molecule has 2 unspecified atom stereocenters. The zero-order valence-corrected chi connectivity index (χ0v) is 12.9. The quantitative estimate of drug-likeness (QED) is 0.843. The highest BCUT2D eigenvalue weighted by Crippen LogP contribution is 2.39. The van der Waals surface area contributed by atoms with Crippen molar-refractivity contribution >= 4 is 12.4 Å². The molecule has 1 saturated heterocycles. The number of likely N-dealkylation sites (tertiary alicyclic amines) is 1. The van der Waals surface area contributed by atoms with Crippen LogP contribution in [0.4, 0.5) is 4.79 Å². The van der Waals surface area contributed by atoms with E-state index in [1.165, 1.54) is 0 Å². The maximum Gasteiger partial charge on any atom is 0.407 e. The summed E-state index contributed by atoms with van der Waals surface area (Å²) >= 11 is 0. The Kier molecular flexibility index (Phi) is 4.35. The van der Waals surface area contributed by atoms with Crippen LogP contribution in [0.15, 0.2) is 24.3 Å². The zero-order chi connectivity index (χ0) is 15.6. The van der Waals surface area contributed by atoms with Crippen LogP contribution in [0, 0.1) is 5.41 Å². The molecule has 114 valence electrons. The highest BCUT2D eigenvalue weighted by molar-refractivity contribution is 5.77. The van der Waals surface area contributed by atoms with Crippen LogP contribution < -0.4 is 0 Å². The standard InChI is InChI=1S/C17H23NO3/c1-17(2,3)15-10-12(8-9-18(15)16(20)21)14-7-5-4-6-13(14)11-19/h4-7,11-12,15H,8-10H2,1-3H3,(H,20,21). The number of benzene rings is 1. The van der Waals surface area contributed by atoms with Gasteiger partial charge in [-0.1, -0.05) is 45.0 Å². The fourth-order valence-electron chi connectivity index (χ4n) is 3.29. The Balaban J connectivity index is 2.29. The van der Waals surface area contributed by atoms with E-state index in [4.69, 9.17) is 0 Å². The molecule has 0 aromatic heterocycles. The van der Waals surface area contributed by atoms with Gasteiger partial charge in [-0.25, -0.2) is 4.79 Å². The van der Waals surface area contributed by atoms with E-state index >= 15 is 0 Å². The van der Waals surface area contributed by atoms with E-state index in [0.717, 1.165) is 30.3 Å². The summed E-state index contributed by atoms with van der Waals surface area (Å²) in [6.07, 6.45) is 1.58. The summed E-state index contributed by atoms with van der Waals surface area (Å²) in [6, 6.07) is 7.59. The number of hydrogen-bond acceptors (Lipinski definition) is 2. The van der Waals surface area contributed by atoms with Gasteiger partial charge in [0.1, 0.15) is 6.29 Å². The van der Waals surface area contributed by atoms with E-state index in [1.54, 1.807) is 4.90 Å². The van der Waals surface area contributed by atoms with Gasteiger partial charge in [0.15, 0.2) is 0 Å². The second-order valence-electron chi connectivity index (χ2n) is 6.83. The van der Waals surface area contributed by atoms with E-state index < -0.39 is 6.09 Å². The molecular formula is C17H23NO3. The molecule has 1 fully saturated rings. The van der Waals surface area contributed by atoms with E-state index in [2.05, 4.69) is 20.8 Å². The molecule has 1 aliphatic heterocycles. The van der Waals surface area contributed by atoms with Crippen LogP contribution in [0.5, 0.6) is 0 Å². The molecule has 1 amide bonds. The summed E-state index contributed by atoms with van der Waals surface area (Å²) in [7, 11) is 0. The Morgan fingerprint density at radius 3 is 2.57 bits per heavy atom. The largest absolute Gasteiger partial charge is 0.465 e. The maximum absolute atomic E-state index is 11.4. The third-order valence-corrected chi connectivity index (χ3v) is 4.41. The van der Waals surface area contributed by atoms with Crippen LogP contribution in [-0.2, 0) is 0 Å². The average molecular weight is 289 g/mol. The first-order valence-electron chi connectivity index (χ1n) is 7.38. The third kappa shape index (κ3) is 3.26. The first-order valence-corrected chi connectivity index (χ1v) is 7.38. The maximum atomic E-state index is 11.4. The highest BCUT2D eigenvalue weighted by Gasteiger charge is 2.39. The molecule has 2 atom stereocenters. The molecule has 4 heteroatoms. The van der Waals surface area contributed by atoms with E-state index in [9.17, 15) is 14.7 Å². The third-order valence-electron chi connectivity index (χ3n) is 4.41. The van der Waals surface area contributed by atoms with Crippen molar-refractivity contribution in [3.05, 3.63) is 35.4 Å². The highest BCUT2D eigenvalue weighted by atomic mass is 16.4. The number of nitrogens with zero attached hydrogens (tertiary/aromatic N) is 1. The van der Waals surface area contributed by atoms with Crippen molar-refractivity contribution in [2.24, 2.45) is 5.41 Å². The molecule has 0 bridgehead atoms. The number of amides is 1. The lowest BCUT2D eigenvalue weighted by Crippen LogP contribution is -2.51. The van der Waals surface area contributed by atoms with Crippen LogP contribution in [0.3, 0.4) is 0 Å². The summed E-state index contributed by atoms with van der Waals surface area (Å²) in [5.41, 5.74) is 1.65. The molecule has 1 aliphatic rings. The molecule has 2 rings (SSSR count). The number of aldehydes is 1. The molecule has 4 nitrogen and oxygen atoms in total. The molecule has 0 radical (unpaired) electrons. The van der Waals surface area contributed by atoms with E-state index in [1.807, 2.05) is 24.3 Å². The molecule has 1 aromatic rings. The minimum Gasteiger partial charge on any atom is -0.465 e. The predicted molar refractivity (Wildman–Crippen MR) is 81.8 cm³/mol. The Bertz CT molecular complexity index is 533. The van der Waals surface area contributed by atoms with Gasteiger partial charge < -0.3 is 10.0 Å². The molecule has 1 heterocycles. The monoisotopic (exact) mass is 289 g/mol. The van der Waals surface area contributed by atoms with Crippen LogP contribution in [0.1, 0.15) is 55.5 Å². The minimum atomic E-state index is -0.850. The number of rotatable bonds is 2. The van der Waals surface area contributed by atoms with E-state index in [0.29, 0.717) is 6.54 Å². The summed E-state index contributed by atoms with van der Waals surface area (Å²) < 4.78 is 0. The van der Waals surface area contributed by atoms with Crippen molar-refractivity contribution in [3.8, 4) is 0 Å². The predicted octanol–water partition coefficient (Wildman–Crippen LogP) is 3.77. The van der Waals surface area contributed by atoms with Crippen molar-refractivity contribution < 1.29 is 14.7 Å². The summed E-state index contributed by atoms with van der Waals surface area (Å²) in [4.78, 5) is 24.2. The molecule has 0 saturated carbocycles. The lowest BCUT2D eigenvalue weighted by molar-refractivity contribution is 0.0524. The number of carbonyl (C=O) groups excluding carboxylic acids is 1. The van der Waals surface area contributed by atoms with Crippen LogP contribution in [0.2, 0.25) is 0 Å². The van der Waals surface area contributed by atoms with Gasteiger partial charge in [0, 0.05) is 18.2 Å². The minimum absolute atomic E-state index is 0.0338. The Morgan fingerprint density at radius 2 is 2.00 bits per heavy atom. The van der Waals surface area contributed by atoms with Crippen molar-refractivity contribution in [2.45, 2.75) is 45.6 Å². The van der Waals surface area contributed by atoms with Gasteiger partial charge in [-0.05, 0) is 29.7 Å². The topological polar surface area (TPSA) is 57.6 Å². The molecule has 0 spiro atoms. The Morgan fingerprint density at radius 1 is 1.33 bits per heavy atom. The normalized spacial score (nSPS) is 22.9. The van der Waals surface area contributed by atoms with Gasteiger partial charge >= 0.3 is 6.09 Å². The van der Waals surface area contributed by atoms with Gasteiger partial charge in [-0.3, -0.25) is 4.79 Å². The molecule has 1 aromatic carbocycles. The second kappa shape index (κ2) is 5.88. The van der Waals surface area contributed by atoms with Gasteiger partial charge in [-0.2, -0.15) is 0 Å². The van der Waals surface area contributed by atoms with Crippen molar-refractivity contribution in [1.29, 1.82) is 0 Å². The summed E-state index contributed by atoms with van der Waals surface area (Å²) in [5, 5.41) is 9.40. The smallest absolute Gasteiger partial charge is 0.407 e. The molecule has 1 N–H and O–H groups in total. The van der Waals surface area contributed by atoms with Crippen LogP contribution in [-0.4, -0.2) is 35.0 Å². The second-order valence-corrected chi connectivity index (χ2v) is 6.83. The lowest BCUT2D eigenvalue weighted by atomic mass is 9.74. The summed E-state index contributed by atoms with van der Waals surface area (Å²) in [5.74, 6) is 0.242. The number of carboxylic acid groups (broad SMARTS) is 1. The first-order chi connectivity index (χ1) is 9.84. The fourth-order valence-corrected chi connectivity index (χ4v) is 3.29. The van der Waals surface area contributed by atoms with Crippen molar-refractivity contribution in [3.63, 3.8) is 0 Å². The summed E-state index contributed by atoms with van der Waals surface area (Å²) in [6.45, 7) is 6.74. The number of piperidine rings is 1. The van der Waals surface area contributed by atoms with Gasteiger partial charge in [-0.15, -0.1) is 0 Å². The van der Waals surface area contributed by atoms with Gasteiger partial charge in [0.05, 0.1) is 0 Å². The lowest BCUT2D eigenvalue weighted by Gasteiger charge is -2.45. The van der Waals surface area contributed by atoms with Crippen LogP contribution >= 0.6 is 0 Å². The fraction of sp³-hybridized carbons (Fsp3) is 0.529. The number of hydrogen-bond donors (Lipinski definition) is 1.